The fraction of sp³-hybridized carbons (Fsp3) is 0.346. The van der Waals surface area contributed by atoms with Crippen LogP contribution in [0.4, 0.5) is 5.69 Å². The number of para-hydroxylation sites is 1. The van der Waals surface area contributed by atoms with Gasteiger partial charge in [-0.2, -0.15) is 5.10 Å². The summed E-state index contributed by atoms with van der Waals surface area (Å²) in [6.07, 6.45) is 2.17. The summed E-state index contributed by atoms with van der Waals surface area (Å²) in [4.78, 5) is 24.9. The van der Waals surface area contributed by atoms with Crippen LogP contribution in [0.25, 0.3) is 5.69 Å². The van der Waals surface area contributed by atoms with Crippen molar-refractivity contribution in [3.8, 4) is 5.69 Å². The van der Waals surface area contributed by atoms with Crippen LogP contribution in [-0.2, 0) is 5.41 Å². The second-order valence-corrected chi connectivity index (χ2v) is 9.59. The predicted octanol–water partition coefficient (Wildman–Crippen LogP) is 5.50. The summed E-state index contributed by atoms with van der Waals surface area (Å²) in [6, 6.07) is 17.1. The van der Waals surface area contributed by atoms with Gasteiger partial charge in [-0.15, -0.1) is 0 Å². The van der Waals surface area contributed by atoms with Gasteiger partial charge in [-0.1, -0.05) is 39.0 Å². The van der Waals surface area contributed by atoms with Crippen molar-refractivity contribution in [1.29, 1.82) is 0 Å². The fourth-order valence-corrected chi connectivity index (χ4v) is 5.62. The summed E-state index contributed by atoms with van der Waals surface area (Å²) in [5.41, 5.74) is 5.08. The second kappa shape index (κ2) is 6.64. The van der Waals surface area contributed by atoms with Crippen molar-refractivity contribution >= 4 is 17.4 Å². The molecular formula is C26H27N3O2. The molecule has 1 amide bonds. The number of hydrogen-bond donors (Lipinski definition) is 1. The lowest BCUT2D eigenvalue weighted by Crippen LogP contribution is -2.33. The minimum Gasteiger partial charge on any atom is -0.321 e. The van der Waals surface area contributed by atoms with Crippen LogP contribution < -0.4 is 5.32 Å². The third-order valence-electron chi connectivity index (χ3n) is 7.78. The molecule has 158 valence electrons. The molecular weight excluding hydrogens is 386 g/mol. The number of fused-ring (bicyclic) bond motifs is 5. The molecule has 0 radical (unpaired) electrons. The molecule has 1 aromatic heterocycles. The molecule has 1 fully saturated rings. The SMILES string of the molecule is CC(=O)c1ccc(NC(=O)c2nn(-c3ccccc3)c3c2[C@H]2CC[C@]3(C)C2(C)C)cc1. The van der Waals surface area contributed by atoms with E-state index >= 15 is 0 Å². The van der Waals surface area contributed by atoms with Crippen LogP contribution >= 0.6 is 0 Å². The molecule has 1 heterocycles. The van der Waals surface area contributed by atoms with Crippen LogP contribution in [0, 0.1) is 5.41 Å². The van der Waals surface area contributed by atoms with E-state index < -0.39 is 0 Å². The van der Waals surface area contributed by atoms with Gasteiger partial charge >= 0.3 is 0 Å². The van der Waals surface area contributed by atoms with E-state index in [1.165, 1.54) is 12.6 Å². The Bertz CT molecular complexity index is 1190. The number of nitrogens with zero attached hydrogens (tertiary/aromatic N) is 2. The van der Waals surface area contributed by atoms with Crippen molar-refractivity contribution in [2.75, 3.05) is 5.32 Å². The van der Waals surface area contributed by atoms with Crippen molar-refractivity contribution < 1.29 is 9.59 Å². The second-order valence-electron chi connectivity index (χ2n) is 9.59. The molecule has 2 bridgehead atoms. The molecule has 31 heavy (non-hydrogen) atoms. The van der Waals surface area contributed by atoms with Crippen molar-refractivity contribution in [1.82, 2.24) is 9.78 Å². The summed E-state index contributed by atoms with van der Waals surface area (Å²) in [7, 11) is 0. The molecule has 2 aliphatic rings. The van der Waals surface area contributed by atoms with Crippen LogP contribution in [0.1, 0.15) is 78.6 Å². The molecule has 0 spiro atoms. The molecule has 5 rings (SSSR count). The highest BCUT2D eigenvalue weighted by Crippen LogP contribution is 2.68. The molecule has 5 nitrogen and oxygen atoms in total. The van der Waals surface area contributed by atoms with Crippen LogP contribution in [0.3, 0.4) is 0 Å². The first-order valence-electron chi connectivity index (χ1n) is 10.9. The maximum absolute atomic E-state index is 13.4. The van der Waals surface area contributed by atoms with E-state index in [2.05, 4.69) is 26.1 Å². The van der Waals surface area contributed by atoms with E-state index in [4.69, 9.17) is 5.10 Å². The largest absolute Gasteiger partial charge is 0.321 e. The molecule has 1 saturated carbocycles. The average Bonchev–Trinajstić information content (AvgIpc) is 3.31. The van der Waals surface area contributed by atoms with Crippen molar-refractivity contribution in [2.45, 2.75) is 51.9 Å². The summed E-state index contributed by atoms with van der Waals surface area (Å²) >= 11 is 0. The van der Waals surface area contributed by atoms with E-state index in [-0.39, 0.29) is 22.5 Å². The first kappa shape index (κ1) is 19.7. The Morgan fingerprint density at radius 2 is 1.71 bits per heavy atom. The zero-order valence-corrected chi connectivity index (χ0v) is 18.4. The van der Waals surface area contributed by atoms with Crippen LogP contribution in [0.15, 0.2) is 54.6 Å². The number of carbonyl (C=O) groups excluding carboxylic acids is 2. The van der Waals surface area contributed by atoms with E-state index in [0.29, 0.717) is 22.9 Å². The Morgan fingerprint density at radius 3 is 2.35 bits per heavy atom. The number of aromatic nitrogens is 2. The molecule has 2 atom stereocenters. The maximum Gasteiger partial charge on any atom is 0.276 e. The van der Waals surface area contributed by atoms with Crippen molar-refractivity contribution in [2.24, 2.45) is 5.41 Å². The standard InChI is InChI=1S/C26H27N3O2/c1-16(30)17-10-12-18(13-11-17)27-24(31)22-21-20-14-15-26(4,25(20,2)3)23(21)29(28-22)19-8-6-5-7-9-19/h5-13,20H,14-15H2,1-4H3,(H,27,31)/t20-,26+/m1/s1. The van der Waals surface area contributed by atoms with Crippen LogP contribution in [0.5, 0.6) is 0 Å². The lowest BCUT2D eigenvalue weighted by molar-refractivity contribution is 0.101. The van der Waals surface area contributed by atoms with Gasteiger partial charge < -0.3 is 5.32 Å². The van der Waals surface area contributed by atoms with Gasteiger partial charge in [-0.3, -0.25) is 9.59 Å². The predicted molar refractivity (Wildman–Crippen MR) is 121 cm³/mol. The zero-order valence-electron chi connectivity index (χ0n) is 18.4. The first-order chi connectivity index (χ1) is 14.7. The molecule has 2 aromatic carbocycles. The number of nitrogens with one attached hydrogen (secondary N) is 1. The first-order valence-corrected chi connectivity index (χ1v) is 10.9. The quantitative estimate of drug-likeness (QED) is 0.574. The zero-order chi connectivity index (χ0) is 22.0. The number of ketones is 1. The summed E-state index contributed by atoms with van der Waals surface area (Å²) in [5, 5.41) is 7.84. The number of carbonyl (C=O) groups is 2. The van der Waals surface area contributed by atoms with Crippen LogP contribution in [-0.4, -0.2) is 21.5 Å². The number of benzene rings is 2. The van der Waals surface area contributed by atoms with Crippen LogP contribution in [0.2, 0.25) is 0 Å². The highest BCUT2D eigenvalue weighted by atomic mass is 16.2. The number of rotatable bonds is 4. The molecule has 3 aromatic rings. The van der Waals surface area contributed by atoms with Gasteiger partial charge in [0.2, 0.25) is 0 Å². The third kappa shape index (κ3) is 2.72. The third-order valence-corrected chi connectivity index (χ3v) is 7.78. The molecule has 0 saturated heterocycles. The average molecular weight is 414 g/mol. The monoisotopic (exact) mass is 413 g/mol. The smallest absolute Gasteiger partial charge is 0.276 e. The Labute approximate surface area is 182 Å². The minimum atomic E-state index is -0.201. The number of anilines is 1. The number of amides is 1. The van der Waals surface area contributed by atoms with E-state index in [9.17, 15) is 9.59 Å². The molecule has 5 heteroatoms. The van der Waals surface area contributed by atoms with Gasteiger partial charge in [0.05, 0.1) is 11.4 Å². The molecule has 0 unspecified atom stereocenters. The lowest BCUT2D eigenvalue weighted by atomic mass is 9.70. The summed E-state index contributed by atoms with van der Waals surface area (Å²) in [5.74, 6) is 0.114. The van der Waals surface area contributed by atoms with E-state index in [1.54, 1.807) is 24.3 Å². The summed E-state index contributed by atoms with van der Waals surface area (Å²) in [6.45, 7) is 8.50. The highest BCUT2D eigenvalue weighted by Gasteiger charge is 2.63. The highest BCUT2D eigenvalue weighted by molar-refractivity contribution is 6.05. The lowest BCUT2D eigenvalue weighted by Gasteiger charge is -2.35. The van der Waals surface area contributed by atoms with E-state index in [1.807, 2.05) is 35.0 Å². The fourth-order valence-electron chi connectivity index (χ4n) is 5.62. The number of Topliss-reactive ketones (excluding diaryl/α,β-unsaturated/α-hetero) is 1. The summed E-state index contributed by atoms with van der Waals surface area (Å²) < 4.78 is 1.99. The Hall–Kier alpha value is -3.21. The topological polar surface area (TPSA) is 64.0 Å². The van der Waals surface area contributed by atoms with Gasteiger partial charge in [0.25, 0.3) is 5.91 Å². The molecule has 0 aliphatic heterocycles. The van der Waals surface area contributed by atoms with Crippen molar-refractivity contribution in [3.05, 3.63) is 77.1 Å². The Balaban J connectivity index is 1.59. The van der Waals surface area contributed by atoms with Gasteiger partial charge in [-0.25, -0.2) is 4.68 Å². The maximum atomic E-state index is 13.4. The molecule has 1 N–H and O–H groups in total. The van der Waals surface area contributed by atoms with E-state index in [0.717, 1.165) is 24.1 Å². The Kier molecular flexibility index (Phi) is 4.23. The normalized spacial score (nSPS) is 22.9. The molecule has 2 aliphatic carbocycles. The number of hydrogen-bond acceptors (Lipinski definition) is 3. The van der Waals surface area contributed by atoms with Gasteiger partial charge in [0.1, 0.15) is 0 Å². The van der Waals surface area contributed by atoms with Gasteiger partial charge in [0.15, 0.2) is 11.5 Å². The van der Waals surface area contributed by atoms with Gasteiger partial charge in [-0.05, 0) is 67.5 Å². The van der Waals surface area contributed by atoms with Crippen molar-refractivity contribution in [3.63, 3.8) is 0 Å². The Morgan fingerprint density at radius 1 is 1.03 bits per heavy atom. The minimum absolute atomic E-state index is 0.00352. The van der Waals surface area contributed by atoms with Gasteiger partial charge in [0, 0.05) is 22.2 Å².